The third-order valence-corrected chi connectivity index (χ3v) is 11.7. The molecule has 0 fully saturated rings. The molecular formula is C58H40N2O. The summed E-state index contributed by atoms with van der Waals surface area (Å²) in [5.74, 6) is 0. The number of hydrogen-bond donors (Lipinski definition) is 0. The van der Waals surface area contributed by atoms with Crippen molar-refractivity contribution in [2.45, 2.75) is 0 Å². The summed E-state index contributed by atoms with van der Waals surface area (Å²) in [6.45, 7) is 0. The Balaban J connectivity index is 0.996. The molecule has 3 nitrogen and oxygen atoms in total. The zero-order valence-corrected chi connectivity index (χ0v) is 33.4. The van der Waals surface area contributed by atoms with Gasteiger partial charge in [0.15, 0.2) is 0 Å². The number of anilines is 6. The number of fused-ring (bicyclic) bond motifs is 4. The summed E-state index contributed by atoms with van der Waals surface area (Å²) in [5, 5.41) is 4.63. The van der Waals surface area contributed by atoms with Crippen LogP contribution in [0, 0.1) is 0 Å². The Kier molecular flexibility index (Phi) is 9.18. The van der Waals surface area contributed by atoms with Gasteiger partial charge >= 0.3 is 0 Å². The van der Waals surface area contributed by atoms with Gasteiger partial charge in [0.2, 0.25) is 0 Å². The number of benzene rings is 10. The minimum Gasteiger partial charge on any atom is -0.456 e. The summed E-state index contributed by atoms with van der Waals surface area (Å²) in [7, 11) is 0. The quantitative estimate of drug-likeness (QED) is 0.145. The van der Waals surface area contributed by atoms with Gasteiger partial charge in [0.05, 0.1) is 11.4 Å². The molecule has 61 heavy (non-hydrogen) atoms. The second kappa shape index (κ2) is 15.6. The van der Waals surface area contributed by atoms with E-state index < -0.39 is 0 Å². The average molecular weight is 781 g/mol. The van der Waals surface area contributed by atoms with Crippen LogP contribution < -0.4 is 9.80 Å². The van der Waals surface area contributed by atoms with E-state index in [1.807, 2.05) is 12.1 Å². The first-order valence-corrected chi connectivity index (χ1v) is 20.8. The van der Waals surface area contributed by atoms with Crippen LogP contribution in [-0.4, -0.2) is 0 Å². The second-order valence-electron chi connectivity index (χ2n) is 15.3. The lowest BCUT2D eigenvalue weighted by Crippen LogP contribution is -2.11. The van der Waals surface area contributed by atoms with Gasteiger partial charge in [0, 0.05) is 50.7 Å². The minimum absolute atomic E-state index is 0.861. The molecule has 0 amide bonds. The highest BCUT2D eigenvalue weighted by Crippen LogP contribution is 2.46. The largest absolute Gasteiger partial charge is 0.456 e. The van der Waals surface area contributed by atoms with E-state index in [-0.39, 0.29) is 0 Å². The molecule has 1 heterocycles. The normalized spacial score (nSPS) is 11.3. The van der Waals surface area contributed by atoms with Crippen LogP contribution in [0.2, 0.25) is 0 Å². The van der Waals surface area contributed by atoms with Crippen LogP contribution in [-0.2, 0) is 0 Å². The van der Waals surface area contributed by atoms with Gasteiger partial charge in [-0.15, -0.1) is 0 Å². The maximum Gasteiger partial charge on any atom is 0.137 e. The fraction of sp³-hybridized carbons (Fsp3) is 0. The van der Waals surface area contributed by atoms with Gasteiger partial charge in [-0.2, -0.15) is 0 Å². The third-order valence-electron chi connectivity index (χ3n) is 11.7. The Bertz CT molecular complexity index is 3240. The predicted octanol–water partition coefficient (Wildman–Crippen LogP) is 16.7. The molecule has 1 aromatic heterocycles. The van der Waals surface area contributed by atoms with E-state index in [4.69, 9.17) is 4.42 Å². The molecule has 11 aromatic rings. The Morgan fingerprint density at radius 1 is 0.279 bits per heavy atom. The summed E-state index contributed by atoms with van der Waals surface area (Å²) in [6, 6.07) is 86.5. The maximum absolute atomic E-state index is 6.45. The van der Waals surface area contributed by atoms with E-state index in [0.717, 1.165) is 78.3 Å². The van der Waals surface area contributed by atoms with Gasteiger partial charge in [-0.3, -0.25) is 0 Å². The third kappa shape index (κ3) is 6.69. The van der Waals surface area contributed by atoms with Crippen LogP contribution in [0.5, 0.6) is 0 Å². The zero-order valence-electron chi connectivity index (χ0n) is 33.4. The van der Waals surface area contributed by atoms with Crippen molar-refractivity contribution in [2.24, 2.45) is 0 Å². The van der Waals surface area contributed by atoms with Crippen LogP contribution in [0.1, 0.15) is 0 Å². The lowest BCUT2D eigenvalue weighted by molar-refractivity contribution is 0.669. The summed E-state index contributed by atoms with van der Waals surface area (Å²) >= 11 is 0. The highest BCUT2D eigenvalue weighted by molar-refractivity contribution is 6.08. The smallest absolute Gasteiger partial charge is 0.137 e. The lowest BCUT2D eigenvalue weighted by atomic mass is 9.95. The standard InChI is InChI=1S/C58H40N2O/c1-4-17-45(18-5-1)58-51-24-11-10-16-43(51)34-39-55(58)60(49-37-38-53-52-25-13-15-27-56(52)61-57(53)40-49)48-35-32-42(33-36-48)41-28-30-44(31-29-41)50-23-12-14-26-54(50)59(46-19-6-2-7-20-46)47-21-8-3-9-22-47/h1-40H. The Hall–Kier alpha value is -8.14. The van der Waals surface area contributed by atoms with E-state index in [2.05, 4.69) is 240 Å². The number of hydrogen-bond acceptors (Lipinski definition) is 3. The molecular weight excluding hydrogens is 741 g/mol. The van der Waals surface area contributed by atoms with Gasteiger partial charge in [-0.05, 0) is 99.8 Å². The molecule has 0 N–H and O–H groups in total. The Morgan fingerprint density at radius 3 is 1.51 bits per heavy atom. The molecule has 0 aliphatic heterocycles. The van der Waals surface area contributed by atoms with Crippen LogP contribution in [0.25, 0.3) is 66.1 Å². The molecule has 0 atom stereocenters. The highest BCUT2D eigenvalue weighted by atomic mass is 16.3. The molecule has 0 saturated heterocycles. The molecule has 0 aliphatic rings. The van der Waals surface area contributed by atoms with Crippen molar-refractivity contribution in [3.63, 3.8) is 0 Å². The molecule has 10 aromatic carbocycles. The van der Waals surface area contributed by atoms with Crippen LogP contribution in [0.4, 0.5) is 34.1 Å². The lowest BCUT2D eigenvalue weighted by Gasteiger charge is -2.29. The van der Waals surface area contributed by atoms with Crippen LogP contribution >= 0.6 is 0 Å². The van der Waals surface area contributed by atoms with Crippen molar-refractivity contribution in [2.75, 3.05) is 9.80 Å². The number of rotatable bonds is 9. The molecule has 3 heteroatoms. The Morgan fingerprint density at radius 2 is 0.787 bits per heavy atom. The monoisotopic (exact) mass is 780 g/mol. The van der Waals surface area contributed by atoms with Crippen molar-refractivity contribution in [1.29, 1.82) is 0 Å². The predicted molar refractivity (Wildman–Crippen MR) is 257 cm³/mol. The topological polar surface area (TPSA) is 19.6 Å². The van der Waals surface area contributed by atoms with E-state index in [1.54, 1.807) is 0 Å². The van der Waals surface area contributed by atoms with Crippen molar-refractivity contribution in [3.8, 4) is 33.4 Å². The fourth-order valence-electron chi connectivity index (χ4n) is 8.77. The summed E-state index contributed by atoms with van der Waals surface area (Å²) < 4.78 is 6.45. The first kappa shape index (κ1) is 36.0. The molecule has 11 rings (SSSR count). The average Bonchev–Trinajstić information content (AvgIpc) is 3.71. The number of furan rings is 1. The first-order chi connectivity index (χ1) is 30.3. The maximum atomic E-state index is 6.45. The van der Waals surface area contributed by atoms with Crippen molar-refractivity contribution in [3.05, 3.63) is 243 Å². The minimum atomic E-state index is 0.861. The van der Waals surface area contributed by atoms with Gasteiger partial charge in [-0.1, -0.05) is 170 Å². The fourth-order valence-corrected chi connectivity index (χ4v) is 8.77. The van der Waals surface area contributed by atoms with Gasteiger partial charge in [0.25, 0.3) is 0 Å². The van der Waals surface area contributed by atoms with Crippen LogP contribution in [0.3, 0.4) is 0 Å². The molecule has 0 aliphatic carbocycles. The first-order valence-electron chi connectivity index (χ1n) is 20.8. The van der Waals surface area contributed by atoms with Gasteiger partial charge in [-0.25, -0.2) is 0 Å². The number of nitrogens with zero attached hydrogens (tertiary/aromatic N) is 2. The number of para-hydroxylation sites is 4. The molecule has 0 unspecified atom stereocenters. The summed E-state index contributed by atoms with van der Waals surface area (Å²) in [5.41, 5.74) is 15.2. The summed E-state index contributed by atoms with van der Waals surface area (Å²) in [6.07, 6.45) is 0. The van der Waals surface area contributed by atoms with E-state index in [1.165, 1.54) is 21.9 Å². The van der Waals surface area contributed by atoms with Crippen LogP contribution in [0.15, 0.2) is 247 Å². The molecule has 0 bridgehead atoms. The van der Waals surface area contributed by atoms with Crippen molar-refractivity contribution in [1.82, 2.24) is 0 Å². The zero-order chi connectivity index (χ0) is 40.5. The van der Waals surface area contributed by atoms with Gasteiger partial charge in [0.1, 0.15) is 11.2 Å². The van der Waals surface area contributed by atoms with Gasteiger partial charge < -0.3 is 14.2 Å². The SMILES string of the molecule is c1ccc(-c2c(N(c3ccc(-c4ccc(-c5ccccc5N(c5ccccc5)c5ccccc5)cc4)cc3)c3ccc4c(c3)oc3ccccc34)ccc3ccccc23)cc1. The van der Waals surface area contributed by atoms with E-state index >= 15 is 0 Å². The molecule has 0 saturated carbocycles. The summed E-state index contributed by atoms with van der Waals surface area (Å²) in [4.78, 5) is 4.70. The highest BCUT2D eigenvalue weighted by Gasteiger charge is 2.22. The Labute approximate surface area is 355 Å². The van der Waals surface area contributed by atoms with Crippen molar-refractivity contribution < 1.29 is 4.42 Å². The molecule has 288 valence electrons. The molecule has 0 spiro atoms. The van der Waals surface area contributed by atoms with E-state index in [9.17, 15) is 0 Å². The second-order valence-corrected chi connectivity index (χ2v) is 15.3. The molecule has 0 radical (unpaired) electrons. The van der Waals surface area contributed by atoms with E-state index in [0.29, 0.717) is 0 Å². The van der Waals surface area contributed by atoms with Crippen molar-refractivity contribution >= 4 is 66.8 Å².